The van der Waals surface area contributed by atoms with Crippen molar-refractivity contribution < 1.29 is 19.0 Å². The Morgan fingerprint density at radius 2 is 1.90 bits per heavy atom. The number of rotatable bonds is 5. The minimum Gasteiger partial charge on any atom is -0.497 e. The zero-order chi connectivity index (χ0) is 14.4. The average molecular weight is 273 g/mol. The second-order valence-corrected chi connectivity index (χ2v) is 4.00. The molecule has 0 spiro atoms. The molecule has 0 saturated carbocycles. The van der Waals surface area contributed by atoms with E-state index in [1.165, 1.54) is 14.2 Å². The largest absolute Gasteiger partial charge is 0.497 e. The molecule has 0 aliphatic rings. The lowest BCUT2D eigenvalue weighted by Crippen LogP contribution is -2.06. The third-order valence-electron chi connectivity index (χ3n) is 2.74. The van der Waals surface area contributed by atoms with Gasteiger partial charge in [0.05, 0.1) is 14.2 Å². The van der Waals surface area contributed by atoms with Gasteiger partial charge in [-0.3, -0.25) is 4.98 Å². The van der Waals surface area contributed by atoms with E-state index in [1.54, 1.807) is 30.6 Å². The van der Waals surface area contributed by atoms with Gasteiger partial charge in [-0.2, -0.15) is 0 Å². The lowest BCUT2D eigenvalue weighted by atomic mass is 10.2. The number of pyridine rings is 1. The first-order valence-corrected chi connectivity index (χ1v) is 6.02. The predicted octanol–water partition coefficient (Wildman–Crippen LogP) is 2.46. The molecule has 1 heterocycles. The topological polar surface area (TPSA) is 57.7 Å². The maximum Gasteiger partial charge on any atom is 0.341 e. The van der Waals surface area contributed by atoms with Crippen LogP contribution in [0.2, 0.25) is 0 Å². The maximum atomic E-state index is 11.7. The van der Waals surface area contributed by atoms with E-state index in [1.807, 2.05) is 12.1 Å². The molecular formula is C15H15NO4. The van der Waals surface area contributed by atoms with Crippen LogP contribution in [0, 0.1) is 0 Å². The summed E-state index contributed by atoms with van der Waals surface area (Å²) in [6, 6.07) is 8.71. The van der Waals surface area contributed by atoms with Gasteiger partial charge in [0, 0.05) is 12.4 Å². The number of hydrogen-bond acceptors (Lipinski definition) is 5. The number of nitrogens with zero attached hydrogens (tertiary/aromatic N) is 1. The van der Waals surface area contributed by atoms with Crippen molar-refractivity contribution in [3.8, 4) is 11.5 Å². The summed E-state index contributed by atoms with van der Waals surface area (Å²) in [5.74, 6) is 0.560. The smallest absolute Gasteiger partial charge is 0.341 e. The van der Waals surface area contributed by atoms with E-state index in [2.05, 4.69) is 4.98 Å². The molecule has 0 N–H and O–H groups in total. The Morgan fingerprint density at radius 1 is 1.15 bits per heavy atom. The minimum atomic E-state index is -0.464. The number of aromatic nitrogens is 1. The molecule has 104 valence electrons. The van der Waals surface area contributed by atoms with Crippen LogP contribution in [0.25, 0.3) is 0 Å². The molecule has 1 aromatic heterocycles. The Bertz CT molecular complexity index is 584. The highest BCUT2D eigenvalue weighted by Crippen LogP contribution is 2.25. The predicted molar refractivity (Wildman–Crippen MR) is 72.9 cm³/mol. The first-order chi connectivity index (χ1) is 9.74. The number of benzene rings is 1. The van der Waals surface area contributed by atoms with Gasteiger partial charge < -0.3 is 14.2 Å². The number of carbonyl (C=O) groups excluding carboxylic acids is 1. The fourth-order valence-corrected chi connectivity index (χ4v) is 1.67. The van der Waals surface area contributed by atoms with E-state index in [9.17, 15) is 4.79 Å². The monoisotopic (exact) mass is 273 g/mol. The Kier molecular flexibility index (Phi) is 4.55. The number of ether oxygens (including phenoxy) is 3. The highest BCUT2D eigenvalue weighted by molar-refractivity contribution is 5.92. The first kappa shape index (κ1) is 13.9. The summed E-state index contributed by atoms with van der Waals surface area (Å²) in [5.41, 5.74) is 1.30. The van der Waals surface area contributed by atoms with Crippen LogP contribution >= 0.6 is 0 Å². The fourth-order valence-electron chi connectivity index (χ4n) is 1.67. The van der Waals surface area contributed by atoms with Crippen LogP contribution in [0.5, 0.6) is 11.5 Å². The second kappa shape index (κ2) is 6.56. The van der Waals surface area contributed by atoms with Crippen LogP contribution in [0.4, 0.5) is 0 Å². The van der Waals surface area contributed by atoms with Crippen molar-refractivity contribution in [3.05, 3.63) is 53.9 Å². The normalized spacial score (nSPS) is 9.90. The van der Waals surface area contributed by atoms with Gasteiger partial charge in [0.2, 0.25) is 0 Å². The molecule has 5 heteroatoms. The van der Waals surface area contributed by atoms with E-state index in [4.69, 9.17) is 14.2 Å². The fraction of sp³-hybridized carbons (Fsp3) is 0.200. The van der Waals surface area contributed by atoms with Crippen molar-refractivity contribution in [1.29, 1.82) is 0 Å². The Morgan fingerprint density at radius 3 is 2.55 bits per heavy atom. The first-order valence-electron chi connectivity index (χ1n) is 6.02. The quantitative estimate of drug-likeness (QED) is 0.783. The van der Waals surface area contributed by atoms with Crippen molar-refractivity contribution in [2.45, 2.75) is 6.61 Å². The number of hydrogen-bond donors (Lipinski definition) is 0. The van der Waals surface area contributed by atoms with Crippen LogP contribution < -0.4 is 9.47 Å². The number of carbonyl (C=O) groups is 1. The molecule has 0 amide bonds. The molecule has 0 aliphatic heterocycles. The SMILES string of the molecule is COC(=O)c1cc(OC)ccc1OCc1ccncc1. The van der Waals surface area contributed by atoms with Crippen molar-refractivity contribution in [3.63, 3.8) is 0 Å². The van der Waals surface area contributed by atoms with E-state index in [-0.39, 0.29) is 0 Å². The molecule has 0 saturated heterocycles. The number of methoxy groups -OCH3 is 2. The molecule has 1 aromatic carbocycles. The molecule has 2 aromatic rings. The number of esters is 1. The van der Waals surface area contributed by atoms with Crippen LogP contribution in [-0.4, -0.2) is 25.2 Å². The van der Waals surface area contributed by atoms with Gasteiger partial charge in [-0.05, 0) is 35.9 Å². The summed E-state index contributed by atoms with van der Waals surface area (Å²) in [6.45, 7) is 0.346. The van der Waals surface area contributed by atoms with Gasteiger partial charge >= 0.3 is 5.97 Å². The lowest BCUT2D eigenvalue weighted by Gasteiger charge is -2.11. The van der Waals surface area contributed by atoms with Crippen LogP contribution in [0.1, 0.15) is 15.9 Å². The summed E-state index contributed by atoms with van der Waals surface area (Å²) < 4.78 is 15.5. The summed E-state index contributed by atoms with van der Waals surface area (Å²) in [6.07, 6.45) is 3.38. The summed E-state index contributed by atoms with van der Waals surface area (Å²) in [5, 5.41) is 0. The summed E-state index contributed by atoms with van der Waals surface area (Å²) in [4.78, 5) is 15.7. The molecule has 2 rings (SSSR count). The summed E-state index contributed by atoms with van der Waals surface area (Å²) >= 11 is 0. The molecule has 0 atom stereocenters. The Labute approximate surface area is 117 Å². The minimum absolute atomic E-state index is 0.334. The van der Waals surface area contributed by atoms with E-state index < -0.39 is 5.97 Å². The zero-order valence-corrected chi connectivity index (χ0v) is 11.3. The zero-order valence-electron chi connectivity index (χ0n) is 11.3. The van der Waals surface area contributed by atoms with E-state index in [0.29, 0.717) is 23.7 Å². The molecule has 5 nitrogen and oxygen atoms in total. The van der Waals surface area contributed by atoms with Crippen LogP contribution in [-0.2, 0) is 11.3 Å². The molecule has 0 unspecified atom stereocenters. The van der Waals surface area contributed by atoms with Crippen molar-refractivity contribution in [2.75, 3.05) is 14.2 Å². The molecule has 0 bridgehead atoms. The maximum absolute atomic E-state index is 11.7. The van der Waals surface area contributed by atoms with E-state index in [0.717, 1.165) is 5.56 Å². The summed E-state index contributed by atoms with van der Waals surface area (Å²) in [7, 11) is 2.86. The third kappa shape index (κ3) is 3.26. The van der Waals surface area contributed by atoms with Crippen LogP contribution in [0.3, 0.4) is 0 Å². The standard InChI is InChI=1S/C15H15NO4/c1-18-12-3-4-14(13(9-12)15(17)19-2)20-10-11-5-7-16-8-6-11/h3-9H,10H2,1-2H3. The van der Waals surface area contributed by atoms with E-state index >= 15 is 0 Å². The van der Waals surface area contributed by atoms with Gasteiger partial charge in [0.1, 0.15) is 23.7 Å². The third-order valence-corrected chi connectivity index (χ3v) is 2.74. The van der Waals surface area contributed by atoms with Gasteiger partial charge in [0.25, 0.3) is 0 Å². The van der Waals surface area contributed by atoms with Crippen molar-refractivity contribution in [1.82, 2.24) is 4.98 Å². The second-order valence-electron chi connectivity index (χ2n) is 4.00. The molecule has 20 heavy (non-hydrogen) atoms. The highest BCUT2D eigenvalue weighted by Gasteiger charge is 2.14. The van der Waals surface area contributed by atoms with Gasteiger partial charge in [0.15, 0.2) is 0 Å². The molecule has 0 fully saturated rings. The Balaban J connectivity index is 2.20. The molecule has 0 aliphatic carbocycles. The van der Waals surface area contributed by atoms with Crippen molar-refractivity contribution in [2.24, 2.45) is 0 Å². The van der Waals surface area contributed by atoms with Crippen LogP contribution in [0.15, 0.2) is 42.7 Å². The van der Waals surface area contributed by atoms with Gasteiger partial charge in [-0.15, -0.1) is 0 Å². The molecular weight excluding hydrogens is 258 g/mol. The lowest BCUT2D eigenvalue weighted by molar-refractivity contribution is 0.0595. The van der Waals surface area contributed by atoms with Gasteiger partial charge in [-0.1, -0.05) is 0 Å². The highest BCUT2D eigenvalue weighted by atomic mass is 16.5. The Hall–Kier alpha value is -2.56. The molecule has 0 radical (unpaired) electrons. The van der Waals surface area contributed by atoms with Crippen molar-refractivity contribution >= 4 is 5.97 Å². The van der Waals surface area contributed by atoms with Gasteiger partial charge in [-0.25, -0.2) is 4.79 Å². The average Bonchev–Trinajstić information content (AvgIpc) is 2.53.